The van der Waals surface area contributed by atoms with E-state index in [2.05, 4.69) is 17.9 Å². The monoisotopic (exact) mass is 406 g/mol. The average molecular weight is 408 g/mol. The van der Waals surface area contributed by atoms with E-state index in [-0.39, 0.29) is 12.4 Å². The highest BCUT2D eigenvalue weighted by Gasteiger charge is 2.23. The summed E-state index contributed by atoms with van der Waals surface area (Å²) in [5.41, 5.74) is 1.74. The molecule has 1 aliphatic rings. The Balaban J connectivity index is 0.00000196. The smallest absolute Gasteiger partial charge is 0.163 e. The van der Waals surface area contributed by atoms with E-state index in [1.54, 1.807) is 6.07 Å². The lowest BCUT2D eigenvalue weighted by Crippen LogP contribution is -3.00. The second-order valence-electron chi connectivity index (χ2n) is 6.55. The van der Waals surface area contributed by atoms with Gasteiger partial charge in [-0.25, -0.2) is 9.97 Å². The second-order valence-corrected chi connectivity index (χ2v) is 7.39. The third-order valence-electron chi connectivity index (χ3n) is 4.83. The SMILES string of the molecule is CC1CCCCN1c1nc(-c2ccc(Cl)cc2Cl)nc2ccccc12.[Cl-]. The van der Waals surface area contributed by atoms with Crippen LogP contribution < -0.4 is 17.3 Å². The first-order valence-electron chi connectivity index (χ1n) is 8.62. The summed E-state index contributed by atoms with van der Waals surface area (Å²) < 4.78 is 0. The van der Waals surface area contributed by atoms with Gasteiger partial charge >= 0.3 is 0 Å². The lowest BCUT2D eigenvalue weighted by molar-refractivity contribution is -0.00000499. The molecule has 1 atom stereocenters. The highest BCUT2D eigenvalue weighted by molar-refractivity contribution is 6.36. The third kappa shape index (κ3) is 3.62. The molecule has 6 heteroatoms. The van der Waals surface area contributed by atoms with Gasteiger partial charge in [0.15, 0.2) is 5.82 Å². The molecule has 0 spiro atoms. The van der Waals surface area contributed by atoms with Crippen molar-refractivity contribution in [2.45, 2.75) is 32.2 Å². The van der Waals surface area contributed by atoms with E-state index in [0.717, 1.165) is 28.8 Å². The lowest BCUT2D eigenvalue weighted by Gasteiger charge is -2.35. The average Bonchev–Trinajstić information content (AvgIpc) is 2.61. The van der Waals surface area contributed by atoms with Gasteiger partial charge in [-0.2, -0.15) is 0 Å². The van der Waals surface area contributed by atoms with Crippen LogP contribution in [0.5, 0.6) is 0 Å². The first kappa shape index (κ1) is 19.2. The fourth-order valence-corrected chi connectivity index (χ4v) is 3.98. The summed E-state index contributed by atoms with van der Waals surface area (Å²) in [7, 11) is 0. The standard InChI is InChI=1S/C20H19Cl2N3.ClH/c1-13-6-4-5-11-25(13)20-16-7-2-3-8-18(16)23-19(24-20)15-10-9-14(21)12-17(15)22;/h2-3,7-10,12-13H,4-6,11H2,1H3;1H/p-1. The number of anilines is 1. The van der Waals surface area contributed by atoms with E-state index in [0.29, 0.717) is 21.9 Å². The minimum Gasteiger partial charge on any atom is -1.00 e. The molecule has 1 unspecified atom stereocenters. The minimum absolute atomic E-state index is 0. The molecule has 0 N–H and O–H groups in total. The van der Waals surface area contributed by atoms with Gasteiger partial charge in [0.2, 0.25) is 0 Å². The summed E-state index contributed by atoms with van der Waals surface area (Å²) in [4.78, 5) is 12.1. The summed E-state index contributed by atoms with van der Waals surface area (Å²) in [5, 5.41) is 2.27. The van der Waals surface area contributed by atoms with E-state index in [9.17, 15) is 0 Å². The molecule has 0 saturated carbocycles. The Morgan fingerprint density at radius 1 is 1.04 bits per heavy atom. The summed E-state index contributed by atoms with van der Waals surface area (Å²) in [6.45, 7) is 3.29. The minimum atomic E-state index is 0. The van der Waals surface area contributed by atoms with E-state index < -0.39 is 0 Å². The van der Waals surface area contributed by atoms with Crippen LogP contribution in [0.4, 0.5) is 5.82 Å². The van der Waals surface area contributed by atoms with Crippen LogP contribution in [0.3, 0.4) is 0 Å². The number of halogens is 3. The zero-order valence-corrected chi connectivity index (χ0v) is 16.7. The molecule has 0 bridgehead atoms. The molecule has 0 aliphatic carbocycles. The van der Waals surface area contributed by atoms with Crippen LogP contribution in [-0.2, 0) is 0 Å². The molecule has 1 aromatic heterocycles. The van der Waals surface area contributed by atoms with Crippen LogP contribution in [0.25, 0.3) is 22.3 Å². The van der Waals surface area contributed by atoms with Crippen LogP contribution in [0, 0.1) is 0 Å². The van der Waals surface area contributed by atoms with Gasteiger partial charge in [-0.3, -0.25) is 0 Å². The molecule has 1 saturated heterocycles. The molecule has 136 valence electrons. The Kier molecular flexibility index (Phi) is 5.91. The van der Waals surface area contributed by atoms with Crippen molar-refractivity contribution in [2.24, 2.45) is 0 Å². The molecular formula is C20H19Cl3N3-. The molecule has 2 aromatic carbocycles. The van der Waals surface area contributed by atoms with Crippen molar-refractivity contribution in [1.82, 2.24) is 9.97 Å². The van der Waals surface area contributed by atoms with Gasteiger partial charge in [-0.1, -0.05) is 35.3 Å². The highest BCUT2D eigenvalue weighted by atomic mass is 35.5. The number of hydrogen-bond donors (Lipinski definition) is 0. The first-order valence-corrected chi connectivity index (χ1v) is 9.38. The molecule has 0 radical (unpaired) electrons. The zero-order valence-electron chi connectivity index (χ0n) is 14.4. The Hall–Kier alpha value is -1.55. The zero-order chi connectivity index (χ0) is 17.4. The van der Waals surface area contributed by atoms with Crippen molar-refractivity contribution in [3.8, 4) is 11.4 Å². The molecule has 4 rings (SSSR count). The maximum atomic E-state index is 6.40. The number of fused-ring (bicyclic) bond motifs is 1. The van der Waals surface area contributed by atoms with Crippen LogP contribution in [0.15, 0.2) is 42.5 Å². The number of para-hydroxylation sites is 1. The Morgan fingerprint density at radius 3 is 2.62 bits per heavy atom. The largest absolute Gasteiger partial charge is 1.00 e. The summed E-state index contributed by atoms with van der Waals surface area (Å²) >= 11 is 12.4. The van der Waals surface area contributed by atoms with Gasteiger partial charge in [0.05, 0.1) is 10.5 Å². The van der Waals surface area contributed by atoms with E-state index in [1.165, 1.54) is 19.3 Å². The molecule has 0 amide bonds. The van der Waals surface area contributed by atoms with E-state index in [4.69, 9.17) is 33.2 Å². The van der Waals surface area contributed by atoms with E-state index in [1.807, 2.05) is 30.3 Å². The fraction of sp³-hybridized carbons (Fsp3) is 0.300. The molecule has 3 nitrogen and oxygen atoms in total. The van der Waals surface area contributed by atoms with Crippen molar-refractivity contribution < 1.29 is 12.4 Å². The topological polar surface area (TPSA) is 29.0 Å². The van der Waals surface area contributed by atoms with Crippen molar-refractivity contribution in [3.05, 3.63) is 52.5 Å². The van der Waals surface area contributed by atoms with Gasteiger partial charge in [-0.15, -0.1) is 0 Å². The van der Waals surface area contributed by atoms with E-state index >= 15 is 0 Å². The molecule has 26 heavy (non-hydrogen) atoms. The van der Waals surface area contributed by atoms with Gasteiger partial charge in [0.25, 0.3) is 0 Å². The maximum Gasteiger partial charge on any atom is 0.163 e. The number of hydrogen-bond acceptors (Lipinski definition) is 3. The predicted octanol–water partition coefficient (Wildman–Crippen LogP) is 2.99. The molecule has 1 fully saturated rings. The Morgan fingerprint density at radius 2 is 1.85 bits per heavy atom. The van der Waals surface area contributed by atoms with Gasteiger partial charge < -0.3 is 17.3 Å². The summed E-state index contributed by atoms with van der Waals surface area (Å²) in [5.74, 6) is 1.65. The third-order valence-corrected chi connectivity index (χ3v) is 5.38. The van der Waals surface area contributed by atoms with Gasteiger partial charge in [0.1, 0.15) is 5.82 Å². The van der Waals surface area contributed by atoms with Crippen molar-refractivity contribution in [3.63, 3.8) is 0 Å². The number of piperidine rings is 1. The first-order chi connectivity index (χ1) is 12.1. The van der Waals surface area contributed by atoms with Crippen molar-refractivity contribution in [2.75, 3.05) is 11.4 Å². The predicted molar refractivity (Wildman–Crippen MR) is 106 cm³/mol. The van der Waals surface area contributed by atoms with Crippen molar-refractivity contribution in [1.29, 1.82) is 0 Å². The lowest BCUT2D eigenvalue weighted by atomic mass is 10.0. The van der Waals surface area contributed by atoms with Crippen LogP contribution in [0.2, 0.25) is 10.0 Å². The summed E-state index contributed by atoms with van der Waals surface area (Å²) in [6, 6.07) is 14.1. The number of nitrogens with zero attached hydrogens (tertiary/aromatic N) is 3. The van der Waals surface area contributed by atoms with Crippen LogP contribution >= 0.6 is 23.2 Å². The van der Waals surface area contributed by atoms with Crippen LogP contribution in [-0.4, -0.2) is 22.6 Å². The number of rotatable bonds is 2. The summed E-state index contributed by atoms with van der Waals surface area (Å²) in [6.07, 6.45) is 3.66. The normalized spacial score (nSPS) is 17.2. The van der Waals surface area contributed by atoms with Crippen molar-refractivity contribution >= 4 is 39.9 Å². The van der Waals surface area contributed by atoms with Gasteiger partial charge in [0, 0.05) is 28.6 Å². The molecule has 3 aromatic rings. The quantitative estimate of drug-likeness (QED) is 0.654. The van der Waals surface area contributed by atoms with Gasteiger partial charge in [-0.05, 0) is 56.5 Å². The molecule has 2 heterocycles. The molecule has 1 aliphatic heterocycles. The number of aromatic nitrogens is 2. The Labute approximate surface area is 169 Å². The second kappa shape index (κ2) is 7.99. The maximum absolute atomic E-state index is 6.40. The molecular weight excluding hydrogens is 389 g/mol. The fourth-order valence-electron chi connectivity index (χ4n) is 3.48. The van der Waals surface area contributed by atoms with Crippen LogP contribution in [0.1, 0.15) is 26.2 Å². The highest BCUT2D eigenvalue weighted by Crippen LogP contribution is 2.34. The Bertz CT molecular complexity index is 929. The number of benzene rings is 2.